The summed E-state index contributed by atoms with van der Waals surface area (Å²) < 4.78 is 10.6. The van der Waals surface area contributed by atoms with Gasteiger partial charge in [-0.05, 0) is 42.9 Å². The molecule has 0 saturated heterocycles. The summed E-state index contributed by atoms with van der Waals surface area (Å²) in [6.45, 7) is 3.98. The molecule has 128 valence electrons. The molecule has 0 fully saturated rings. The molecular formula is C17H26N2O3S. The Hall–Kier alpha value is -1.66. The van der Waals surface area contributed by atoms with Crippen LogP contribution in [0, 0.1) is 0 Å². The molecular weight excluding hydrogens is 312 g/mol. The lowest BCUT2D eigenvalue weighted by Gasteiger charge is -2.10. The van der Waals surface area contributed by atoms with Crippen molar-refractivity contribution in [3.05, 3.63) is 29.8 Å². The maximum Gasteiger partial charge on any atom is 0.257 e. The lowest BCUT2D eigenvalue weighted by molar-refractivity contribution is 0.0976. The molecule has 0 atom stereocenters. The van der Waals surface area contributed by atoms with Crippen molar-refractivity contribution in [2.75, 3.05) is 26.9 Å². The minimum Gasteiger partial charge on any atom is -0.494 e. The number of thiocarbonyl (C=S) groups is 1. The van der Waals surface area contributed by atoms with Gasteiger partial charge in [0.1, 0.15) is 5.75 Å². The maximum atomic E-state index is 12.0. The van der Waals surface area contributed by atoms with Crippen molar-refractivity contribution >= 4 is 23.2 Å². The predicted molar refractivity (Wildman–Crippen MR) is 96.0 cm³/mol. The van der Waals surface area contributed by atoms with Crippen LogP contribution in [0.1, 0.15) is 43.0 Å². The molecule has 0 bridgehead atoms. The van der Waals surface area contributed by atoms with E-state index in [1.54, 1.807) is 31.4 Å². The van der Waals surface area contributed by atoms with Crippen molar-refractivity contribution in [1.82, 2.24) is 10.6 Å². The summed E-state index contributed by atoms with van der Waals surface area (Å²) in [5, 5.41) is 5.81. The molecule has 0 heterocycles. The van der Waals surface area contributed by atoms with E-state index < -0.39 is 0 Å². The first-order valence-corrected chi connectivity index (χ1v) is 8.39. The number of hydrogen-bond donors (Lipinski definition) is 2. The quantitative estimate of drug-likeness (QED) is 0.507. The van der Waals surface area contributed by atoms with E-state index in [4.69, 9.17) is 21.7 Å². The second-order valence-corrected chi connectivity index (χ2v) is 5.54. The van der Waals surface area contributed by atoms with Crippen LogP contribution in [-0.2, 0) is 4.74 Å². The summed E-state index contributed by atoms with van der Waals surface area (Å²) in [4.78, 5) is 12.0. The lowest BCUT2D eigenvalue weighted by atomic mass is 10.2. The van der Waals surface area contributed by atoms with Gasteiger partial charge in [-0.1, -0.05) is 26.2 Å². The van der Waals surface area contributed by atoms with Gasteiger partial charge < -0.3 is 14.8 Å². The average Bonchev–Trinajstić information content (AvgIpc) is 2.55. The Balaban J connectivity index is 2.34. The molecule has 0 aliphatic heterocycles. The molecule has 0 aromatic heterocycles. The van der Waals surface area contributed by atoms with Gasteiger partial charge in [0, 0.05) is 19.2 Å². The van der Waals surface area contributed by atoms with E-state index in [1.807, 2.05) is 0 Å². The van der Waals surface area contributed by atoms with Crippen molar-refractivity contribution in [2.24, 2.45) is 0 Å². The summed E-state index contributed by atoms with van der Waals surface area (Å²) >= 11 is 5.04. The normalized spacial score (nSPS) is 10.2. The molecule has 1 aromatic rings. The van der Waals surface area contributed by atoms with Gasteiger partial charge in [0.05, 0.1) is 13.2 Å². The van der Waals surface area contributed by atoms with E-state index in [1.165, 1.54) is 19.3 Å². The molecule has 1 rings (SSSR count). The van der Waals surface area contributed by atoms with Gasteiger partial charge in [-0.15, -0.1) is 0 Å². The third-order valence-corrected chi connectivity index (χ3v) is 3.45. The number of ether oxygens (including phenoxy) is 2. The first-order valence-electron chi connectivity index (χ1n) is 7.98. The Labute approximate surface area is 143 Å². The van der Waals surface area contributed by atoms with E-state index in [9.17, 15) is 4.79 Å². The van der Waals surface area contributed by atoms with Crippen molar-refractivity contribution in [2.45, 2.75) is 32.6 Å². The fourth-order valence-electron chi connectivity index (χ4n) is 1.91. The third-order valence-electron chi connectivity index (χ3n) is 3.20. The van der Waals surface area contributed by atoms with Gasteiger partial charge >= 0.3 is 0 Å². The maximum absolute atomic E-state index is 12.0. The predicted octanol–water partition coefficient (Wildman–Crippen LogP) is 2.90. The van der Waals surface area contributed by atoms with Crippen LogP contribution >= 0.6 is 12.2 Å². The van der Waals surface area contributed by atoms with Crippen LogP contribution in [0.25, 0.3) is 0 Å². The second-order valence-electron chi connectivity index (χ2n) is 5.14. The van der Waals surface area contributed by atoms with E-state index in [-0.39, 0.29) is 5.91 Å². The second kappa shape index (κ2) is 11.8. The zero-order valence-corrected chi connectivity index (χ0v) is 14.7. The van der Waals surface area contributed by atoms with Gasteiger partial charge in [-0.3, -0.25) is 10.1 Å². The highest BCUT2D eigenvalue weighted by molar-refractivity contribution is 7.80. The number of hydrogen-bond acceptors (Lipinski definition) is 4. The van der Waals surface area contributed by atoms with Gasteiger partial charge in [0.15, 0.2) is 5.11 Å². The van der Waals surface area contributed by atoms with Crippen LogP contribution in [0.4, 0.5) is 0 Å². The van der Waals surface area contributed by atoms with Crippen molar-refractivity contribution in [1.29, 1.82) is 0 Å². The molecule has 0 spiro atoms. The van der Waals surface area contributed by atoms with E-state index in [0.29, 0.717) is 30.4 Å². The largest absolute Gasteiger partial charge is 0.494 e. The van der Waals surface area contributed by atoms with Gasteiger partial charge in [-0.25, -0.2) is 0 Å². The zero-order chi connectivity index (χ0) is 16.9. The lowest BCUT2D eigenvalue weighted by Crippen LogP contribution is -2.40. The molecule has 1 aromatic carbocycles. The van der Waals surface area contributed by atoms with Gasteiger partial charge in [-0.2, -0.15) is 0 Å². The minimum atomic E-state index is -0.241. The summed E-state index contributed by atoms with van der Waals surface area (Å²) in [6, 6.07) is 7.06. The number of carbonyl (C=O) groups is 1. The smallest absolute Gasteiger partial charge is 0.257 e. The van der Waals surface area contributed by atoms with Crippen LogP contribution < -0.4 is 15.4 Å². The Bertz CT molecular complexity index is 477. The molecule has 23 heavy (non-hydrogen) atoms. The Morgan fingerprint density at radius 2 is 1.87 bits per heavy atom. The highest BCUT2D eigenvalue weighted by atomic mass is 32.1. The van der Waals surface area contributed by atoms with Gasteiger partial charge in [0.25, 0.3) is 5.91 Å². The Kier molecular flexibility index (Phi) is 9.99. The van der Waals surface area contributed by atoms with E-state index in [0.717, 1.165) is 12.2 Å². The topological polar surface area (TPSA) is 59.6 Å². The number of nitrogens with one attached hydrogen (secondary N) is 2. The molecule has 1 amide bonds. The molecule has 0 aliphatic rings. The fourth-order valence-corrected chi connectivity index (χ4v) is 2.10. The van der Waals surface area contributed by atoms with Crippen molar-refractivity contribution in [3.8, 4) is 5.75 Å². The number of rotatable bonds is 10. The monoisotopic (exact) mass is 338 g/mol. The third kappa shape index (κ3) is 8.52. The summed E-state index contributed by atoms with van der Waals surface area (Å²) in [5.41, 5.74) is 0.541. The van der Waals surface area contributed by atoms with Gasteiger partial charge in [0.2, 0.25) is 0 Å². The zero-order valence-electron chi connectivity index (χ0n) is 13.9. The molecule has 0 saturated carbocycles. The number of unbranched alkanes of at least 4 members (excludes halogenated alkanes) is 3. The van der Waals surface area contributed by atoms with E-state index >= 15 is 0 Å². The van der Waals surface area contributed by atoms with Crippen LogP contribution in [-0.4, -0.2) is 37.9 Å². The SMILES string of the molecule is CCCCCCOc1ccc(C(=O)NC(=S)NCCOC)cc1. The minimum absolute atomic E-state index is 0.241. The van der Waals surface area contributed by atoms with Crippen LogP contribution in [0.5, 0.6) is 5.75 Å². The Morgan fingerprint density at radius 3 is 2.52 bits per heavy atom. The number of benzene rings is 1. The standard InChI is InChI=1S/C17H26N2O3S/c1-3-4-5-6-12-22-15-9-7-14(8-10-15)16(20)19-17(23)18-11-13-21-2/h7-10H,3-6,11-13H2,1-2H3,(H2,18,19,20,23). The summed E-state index contributed by atoms with van der Waals surface area (Å²) in [7, 11) is 1.61. The summed E-state index contributed by atoms with van der Waals surface area (Å²) in [6.07, 6.45) is 4.69. The average molecular weight is 338 g/mol. The molecule has 0 radical (unpaired) electrons. The van der Waals surface area contributed by atoms with Crippen LogP contribution in [0.2, 0.25) is 0 Å². The fraction of sp³-hybridized carbons (Fsp3) is 0.529. The molecule has 5 nitrogen and oxygen atoms in total. The molecule has 2 N–H and O–H groups in total. The van der Waals surface area contributed by atoms with Crippen LogP contribution in [0.3, 0.4) is 0 Å². The molecule has 6 heteroatoms. The number of methoxy groups -OCH3 is 1. The van der Waals surface area contributed by atoms with E-state index in [2.05, 4.69) is 17.6 Å². The van der Waals surface area contributed by atoms with Crippen molar-refractivity contribution in [3.63, 3.8) is 0 Å². The van der Waals surface area contributed by atoms with Crippen LogP contribution in [0.15, 0.2) is 24.3 Å². The number of amides is 1. The van der Waals surface area contributed by atoms with Crippen molar-refractivity contribution < 1.29 is 14.3 Å². The Morgan fingerprint density at radius 1 is 1.13 bits per heavy atom. The summed E-state index contributed by atoms with van der Waals surface area (Å²) in [5.74, 6) is 0.535. The number of carbonyl (C=O) groups excluding carboxylic acids is 1. The first-order chi connectivity index (χ1) is 11.2. The molecule has 0 aliphatic carbocycles. The molecule has 0 unspecified atom stereocenters. The first kappa shape index (κ1) is 19.4. The highest BCUT2D eigenvalue weighted by Gasteiger charge is 2.07. The highest BCUT2D eigenvalue weighted by Crippen LogP contribution is 2.13.